The second-order valence-corrected chi connectivity index (χ2v) is 8.35. The molecule has 0 fully saturated rings. The number of pyridine rings is 2. The molecule has 0 radical (unpaired) electrons. The molecule has 33 heavy (non-hydrogen) atoms. The number of anilines is 1. The molecule has 9 heteroatoms. The number of nitrogens with zero attached hydrogens (tertiary/aromatic N) is 3. The van der Waals surface area contributed by atoms with E-state index in [1.165, 1.54) is 24.2 Å². The molecule has 6 nitrogen and oxygen atoms in total. The Morgan fingerprint density at radius 1 is 1.21 bits per heavy atom. The van der Waals surface area contributed by atoms with Gasteiger partial charge >= 0.3 is 0 Å². The Hall–Kier alpha value is -3.72. The Morgan fingerprint density at radius 2 is 2.09 bits per heavy atom. The number of hydrogen-bond donors (Lipinski definition) is 2. The molecule has 0 aliphatic heterocycles. The summed E-state index contributed by atoms with van der Waals surface area (Å²) < 4.78 is 34.5. The number of aromatic amines is 1. The Morgan fingerprint density at radius 3 is 2.94 bits per heavy atom. The summed E-state index contributed by atoms with van der Waals surface area (Å²) in [6.07, 6.45) is 7.54. The highest BCUT2D eigenvalue weighted by atomic mass is 32.2. The third kappa shape index (κ3) is 3.74. The molecule has 0 amide bonds. The lowest BCUT2D eigenvalue weighted by Gasteiger charge is -2.10. The number of carbonyl (C=O) groups excluding carboxylic acids is 1. The average molecular weight is 464 g/mol. The van der Waals surface area contributed by atoms with Gasteiger partial charge in [-0.05, 0) is 36.8 Å². The van der Waals surface area contributed by atoms with Gasteiger partial charge in [0.2, 0.25) is 5.78 Å². The Kier molecular flexibility index (Phi) is 5.55. The number of benzene rings is 1. The maximum Gasteiger partial charge on any atom is 0.201 e. The Labute approximate surface area is 192 Å². The van der Waals surface area contributed by atoms with E-state index in [2.05, 4.69) is 19.7 Å². The molecule has 5 aromatic rings. The summed E-state index contributed by atoms with van der Waals surface area (Å²) in [6.45, 7) is 2.00. The van der Waals surface area contributed by atoms with Crippen molar-refractivity contribution >= 4 is 40.1 Å². The number of imidazole rings is 1. The van der Waals surface area contributed by atoms with E-state index < -0.39 is 23.0 Å². The van der Waals surface area contributed by atoms with Gasteiger partial charge in [0.25, 0.3) is 0 Å². The fourth-order valence-corrected chi connectivity index (χ4v) is 4.34. The highest BCUT2D eigenvalue weighted by Crippen LogP contribution is 2.30. The number of nitrogens with one attached hydrogen (secondary N) is 2. The second kappa shape index (κ2) is 8.67. The number of rotatable bonds is 7. The molecule has 5 rings (SSSR count). The van der Waals surface area contributed by atoms with Gasteiger partial charge in [-0.15, -0.1) is 0 Å². The molecule has 0 saturated heterocycles. The minimum absolute atomic E-state index is 0.0728. The van der Waals surface area contributed by atoms with E-state index in [-0.39, 0.29) is 11.3 Å². The van der Waals surface area contributed by atoms with Crippen LogP contribution in [0.4, 0.5) is 14.5 Å². The fraction of sp³-hybridized carbons (Fsp3) is 0.125. The van der Waals surface area contributed by atoms with Gasteiger partial charge < -0.3 is 9.71 Å². The van der Waals surface area contributed by atoms with Gasteiger partial charge in [-0.25, -0.2) is 18.7 Å². The van der Waals surface area contributed by atoms with Gasteiger partial charge in [0.15, 0.2) is 5.82 Å². The summed E-state index contributed by atoms with van der Waals surface area (Å²) in [4.78, 5) is 24.9. The summed E-state index contributed by atoms with van der Waals surface area (Å²) in [6, 6.07) is 9.86. The van der Waals surface area contributed by atoms with Crippen LogP contribution in [0.5, 0.6) is 0 Å². The fourth-order valence-electron chi connectivity index (χ4n) is 3.72. The SMILES string of the molecule is CCCSNc1ccc(F)c(C(=O)c2c[nH]c3ncc(-c4cccc5nccn45)cc23)c1F. The van der Waals surface area contributed by atoms with Crippen LogP contribution < -0.4 is 4.72 Å². The maximum atomic E-state index is 15.1. The first-order chi connectivity index (χ1) is 16.1. The quantitative estimate of drug-likeness (QED) is 0.180. The van der Waals surface area contributed by atoms with Gasteiger partial charge in [0.1, 0.15) is 17.1 Å². The molecule has 0 saturated carbocycles. The lowest BCUT2D eigenvalue weighted by molar-refractivity contribution is 0.103. The molecule has 2 N–H and O–H groups in total. The molecule has 0 aliphatic rings. The summed E-state index contributed by atoms with van der Waals surface area (Å²) >= 11 is 1.30. The number of fused-ring (bicyclic) bond motifs is 2. The Bertz CT molecular complexity index is 1490. The largest absolute Gasteiger partial charge is 0.345 e. The molecule has 0 aliphatic carbocycles. The summed E-state index contributed by atoms with van der Waals surface area (Å²) in [5, 5.41) is 0.479. The van der Waals surface area contributed by atoms with Crippen molar-refractivity contribution in [2.24, 2.45) is 0 Å². The molecule has 0 unspecified atom stereocenters. The van der Waals surface area contributed by atoms with Gasteiger partial charge in [-0.3, -0.25) is 9.20 Å². The van der Waals surface area contributed by atoms with E-state index in [0.717, 1.165) is 35.1 Å². The normalized spacial score (nSPS) is 11.4. The van der Waals surface area contributed by atoms with Crippen LogP contribution in [0.2, 0.25) is 0 Å². The third-order valence-electron chi connectivity index (χ3n) is 5.31. The highest BCUT2D eigenvalue weighted by Gasteiger charge is 2.24. The minimum Gasteiger partial charge on any atom is -0.345 e. The molecule has 0 spiro atoms. The monoisotopic (exact) mass is 463 g/mol. The van der Waals surface area contributed by atoms with E-state index in [1.807, 2.05) is 35.7 Å². The van der Waals surface area contributed by atoms with Crippen LogP contribution in [0, 0.1) is 11.6 Å². The van der Waals surface area contributed by atoms with E-state index in [1.54, 1.807) is 18.5 Å². The van der Waals surface area contributed by atoms with Gasteiger partial charge in [-0.2, -0.15) is 0 Å². The molecule has 0 atom stereocenters. The molecular weight excluding hydrogens is 444 g/mol. The topological polar surface area (TPSA) is 75.1 Å². The summed E-state index contributed by atoms with van der Waals surface area (Å²) in [7, 11) is 0. The first-order valence-electron chi connectivity index (χ1n) is 10.4. The first-order valence-corrected chi connectivity index (χ1v) is 11.4. The van der Waals surface area contributed by atoms with Gasteiger partial charge in [-0.1, -0.05) is 24.9 Å². The molecule has 4 heterocycles. The highest BCUT2D eigenvalue weighted by molar-refractivity contribution is 8.00. The number of aromatic nitrogens is 4. The van der Waals surface area contributed by atoms with Gasteiger partial charge in [0.05, 0.1) is 16.9 Å². The summed E-state index contributed by atoms with van der Waals surface area (Å²) in [5.41, 5.74) is 2.42. The van der Waals surface area contributed by atoms with Crippen LogP contribution in [-0.4, -0.2) is 30.9 Å². The summed E-state index contributed by atoms with van der Waals surface area (Å²) in [5.74, 6) is -1.82. The van der Waals surface area contributed by atoms with Gasteiger partial charge in [0, 0.05) is 47.1 Å². The average Bonchev–Trinajstić information content (AvgIpc) is 3.47. The van der Waals surface area contributed by atoms with E-state index in [9.17, 15) is 9.18 Å². The number of ketones is 1. The van der Waals surface area contributed by atoms with Crippen LogP contribution in [0.15, 0.2) is 61.2 Å². The van der Waals surface area contributed by atoms with Crippen molar-refractivity contribution in [2.75, 3.05) is 10.5 Å². The van der Waals surface area contributed by atoms with Crippen molar-refractivity contribution in [3.05, 3.63) is 83.9 Å². The predicted octanol–water partition coefficient (Wildman–Crippen LogP) is 5.86. The molecule has 1 aromatic carbocycles. The maximum absolute atomic E-state index is 15.1. The van der Waals surface area contributed by atoms with Crippen LogP contribution >= 0.6 is 11.9 Å². The lowest BCUT2D eigenvalue weighted by atomic mass is 10.0. The smallest absolute Gasteiger partial charge is 0.201 e. The number of halogens is 2. The molecular formula is C24H19F2N5OS. The molecule has 166 valence electrons. The van der Waals surface area contributed by atoms with Crippen LogP contribution in [-0.2, 0) is 0 Å². The molecule has 4 aromatic heterocycles. The standard InChI is InChI=1S/C24H19F2N5OS/c1-2-10-33-30-18-7-6-17(25)21(22(18)26)23(32)16-13-29-24-15(16)11-14(12-28-24)19-4-3-5-20-27-8-9-31(19)20/h3-9,11-13,30H,2,10H2,1H3,(H,28,29). The van der Waals surface area contributed by atoms with E-state index in [4.69, 9.17) is 0 Å². The van der Waals surface area contributed by atoms with Crippen molar-refractivity contribution in [2.45, 2.75) is 13.3 Å². The third-order valence-corrected chi connectivity index (χ3v) is 6.28. The number of H-pyrrole nitrogens is 1. The van der Waals surface area contributed by atoms with Crippen LogP contribution in [0.1, 0.15) is 29.3 Å². The first kappa shape index (κ1) is 21.1. The molecule has 0 bridgehead atoms. The second-order valence-electron chi connectivity index (χ2n) is 7.45. The van der Waals surface area contributed by atoms with Crippen molar-refractivity contribution in [3.63, 3.8) is 0 Å². The van der Waals surface area contributed by atoms with Crippen molar-refractivity contribution in [1.29, 1.82) is 0 Å². The number of hydrogen-bond acceptors (Lipinski definition) is 5. The van der Waals surface area contributed by atoms with E-state index in [0.29, 0.717) is 11.0 Å². The van der Waals surface area contributed by atoms with Crippen molar-refractivity contribution < 1.29 is 13.6 Å². The number of carbonyl (C=O) groups is 1. The zero-order valence-corrected chi connectivity index (χ0v) is 18.4. The lowest BCUT2D eigenvalue weighted by Crippen LogP contribution is -2.09. The van der Waals surface area contributed by atoms with Crippen LogP contribution in [0.3, 0.4) is 0 Å². The Balaban J connectivity index is 1.58. The zero-order valence-electron chi connectivity index (χ0n) is 17.6. The van der Waals surface area contributed by atoms with E-state index >= 15 is 4.39 Å². The predicted molar refractivity (Wildman–Crippen MR) is 126 cm³/mol. The minimum atomic E-state index is -0.912. The van der Waals surface area contributed by atoms with Crippen molar-refractivity contribution in [3.8, 4) is 11.3 Å². The zero-order chi connectivity index (χ0) is 22.9. The van der Waals surface area contributed by atoms with Crippen molar-refractivity contribution in [1.82, 2.24) is 19.4 Å². The van der Waals surface area contributed by atoms with Crippen LogP contribution in [0.25, 0.3) is 27.9 Å².